The lowest BCUT2D eigenvalue weighted by Crippen LogP contribution is -2.34. The zero-order valence-corrected chi connectivity index (χ0v) is 11.2. The van der Waals surface area contributed by atoms with E-state index < -0.39 is 0 Å². The maximum absolute atomic E-state index is 4.40. The number of rotatable bonds is 5. The molecule has 0 amide bonds. The first-order valence-corrected chi connectivity index (χ1v) is 7.03. The molecule has 4 nitrogen and oxygen atoms in total. The second kappa shape index (κ2) is 5.97. The molecule has 0 bridgehead atoms. The van der Waals surface area contributed by atoms with Crippen molar-refractivity contribution in [1.82, 2.24) is 19.7 Å². The lowest BCUT2D eigenvalue weighted by atomic mass is 10.2. The van der Waals surface area contributed by atoms with Crippen LogP contribution in [0.3, 0.4) is 0 Å². The Balaban J connectivity index is 1.55. The summed E-state index contributed by atoms with van der Waals surface area (Å²) in [7, 11) is 0. The van der Waals surface area contributed by atoms with Gasteiger partial charge in [0.2, 0.25) is 0 Å². The van der Waals surface area contributed by atoms with Crippen LogP contribution in [-0.2, 0) is 13.0 Å². The summed E-state index contributed by atoms with van der Waals surface area (Å²) < 4.78 is 2.05. The maximum atomic E-state index is 4.40. The van der Waals surface area contributed by atoms with Crippen LogP contribution in [0.2, 0.25) is 0 Å². The molecule has 4 heteroatoms. The normalized spacial score (nSPS) is 19.9. The third-order valence-electron chi connectivity index (χ3n) is 3.84. The third kappa shape index (κ3) is 3.20. The van der Waals surface area contributed by atoms with Crippen molar-refractivity contribution >= 4 is 0 Å². The SMILES string of the molecule is c1ccc(CCN2CCCC2Cn2cccn2)nc1. The van der Waals surface area contributed by atoms with Crippen molar-refractivity contribution in [2.24, 2.45) is 0 Å². The van der Waals surface area contributed by atoms with E-state index in [1.54, 1.807) is 0 Å². The van der Waals surface area contributed by atoms with Crippen LogP contribution in [0.25, 0.3) is 0 Å². The molecule has 0 spiro atoms. The van der Waals surface area contributed by atoms with Gasteiger partial charge >= 0.3 is 0 Å². The second-order valence-electron chi connectivity index (χ2n) is 5.13. The Kier molecular flexibility index (Phi) is 3.89. The maximum Gasteiger partial charge on any atom is 0.0564 e. The number of aromatic nitrogens is 3. The summed E-state index contributed by atoms with van der Waals surface area (Å²) in [5.41, 5.74) is 1.19. The highest BCUT2D eigenvalue weighted by Gasteiger charge is 2.24. The van der Waals surface area contributed by atoms with Gasteiger partial charge in [-0.05, 0) is 37.6 Å². The average molecular weight is 256 g/mol. The quantitative estimate of drug-likeness (QED) is 0.820. The summed E-state index contributed by atoms with van der Waals surface area (Å²) in [6.07, 6.45) is 9.40. The average Bonchev–Trinajstić information content (AvgIpc) is 3.10. The van der Waals surface area contributed by atoms with Gasteiger partial charge in [-0.1, -0.05) is 6.07 Å². The number of nitrogens with zero attached hydrogens (tertiary/aromatic N) is 4. The Morgan fingerprint density at radius 3 is 3.00 bits per heavy atom. The highest BCUT2D eigenvalue weighted by molar-refractivity contribution is 5.04. The largest absolute Gasteiger partial charge is 0.298 e. The van der Waals surface area contributed by atoms with Crippen molar-refractivity contribution in [2.75, 3.05) is 13.1 Å². The second-order valence-corrected chi connectivity index (χ2v) is 5.13. The zero-order valence-electron chi connectivity index (χ0n) is 11.2. The van der Waals surface area contributed by atoms with Gasteiger partial charge in [0.05, 0.1) is 6.54 Å². The predicted octanol–water partition coefficient (Wildman–Crippen LogP) is 1.99. The van der Waals surface area contributed by atoms with Crippen LogP contribution >= 0.6 is 0 Å². The molecule has 3 rings (SSSR count). The van der Waals surface area contributed by atoms with Crippen LogP contribution in [0.15, 0.2) is 42.9 Å². The van der Waals surface area contributed by atoms with Crippen LogP contribution in [0.1, 0.15) is 18.5 Å². The van der Waals surface area contributed by atoms with E-state index in [1.807, 2.05) is 29.2 Å². The first-order chi connectivity index (χ1) is 9.42. The van der Waals surface area contributed by atoms with Crippen LogP contribution in [0.5, 0.6) is 0 Å². The van der Waals surface area contributed by atoms with E-state index in [4.69, 9.17) is 0 Å². The fourth-order valence-corrected chi connectivity index (χ4v) is 2.82. The summed E-state index contributed by atoms with van der Waals surface area (Å²) in [4.78, 5) is 6.98. The lowest BCUT2D eigenvalue weighted by Gasteiger charge is -2.24. The lowest BCUT2D eigenvalue weighted by molar-refractivity contribution is 0.229. The van der Waals surface area contributed by atoms with E-state index in [9.17, 15) is 0 Å². The molecular formula is C15H20N4. The van der Waals surface area contributed by atoms with Crippen LogP contribution in [-0.4, -0.2) is 38.8 Å². The number of likely N-dealkylation sites (tertiary alicyclic amines) is 1. The molecule has 3 heterocycles. The van der Waals surface area contributed by atoms with E-state index in [0.29, 0.717) is 6.04 Å². The summed E-state index contributed by atoms with van der Waals surface area (Å²) in [6.45, 7) is 3.32. The smallest absolute Gasteiger partial charge is 0.0564 e. The standard InChI is InChI=1S/C15H20N4/c1-2-8-16-14(5-1)7-12-18-10-3-6-15(18)13-19-11-4-9-17-19/h1-2,4-5,8-9,11,15H,3,6-7,10,12-13H2. The molecule has 0 aromatic carbocycles. The summed E-state index contributed by atoms with van der Waals surface area (Å²) in [6, 6.07) is 8.77. The molecule has 2 aromatic heterocycles. The molecule has 2 aromatic rings. The fraction of sp³-hybridized carbons (Fsp3) is 0.467. The Morgan fingerprint density at radius 2 is 2.21 bits per heavy atom. The summed E-state index contributed by atoms with van der Waals surface area (Å²) in [5.74, 6) is 0. The molecule has 19 heavy (non-hydrogen) atoms. The van der Waals surface area contributed by atoms with Crippen molar-refractivity contribution in [3.8, 4) is 0 Å². The Labute approximate surface area is 114 Å². The summed E-state index contributed by atoms with van der Waals surface area (Å²) >= 11 is 0. The van der Waals surface area contributed by atoms with Crippen molar-refractivity contribution < 1.29 is 0 Å². The van der Waals surface area contributed by atoms with Gasteiger partial charge in [0.15, 0.2) is 0 Å². The van der Waals surface area contributed by atoms with E-state index in [0.717, 1.165) is 19.5 Å². The Bertz CT molecular complexity index is 480. The minimum absolute atomic E-state index is 0.628. The van der Waals surface area contributed by atoms with Crippen LogP contribution in [0.4, 0.5) is 0 Å². The highest BCUT2D eigenvalue weighted by atomic mass is 15.3. The number of hydrogen-bond donors (Lipinski definition) is 0. The van der Waals surface area contributed by atoms with Gasteiger partial charge < -0.3 is 0 Å². The van der Waals surface area contributed by atoms with E-state index in [2.05, 4.69) is 33.3 Å². The van der Waals surface area contributed by atoms with Gasteiger partial charge in [-0.2, -0.15) is 5.10 Å². The number of hydrogen-bond acceptors (Lipinski definition) is 3. The van der Waals surface area contributed by atoms with Gasteiger partial charge in [-0.3, -0.25) is 14.6 Å². The highest BCUT2D eigenvalue weighted by Crippen LogP contribution is 2.18. The predicted molar refractivity (Wildman–Crippen MR) is 74.8 cm³/mol. The topological polar surface area (TPSA) is 34.0 Å². The molecule has 0 radical (unpaired) electrons. The van der Waals surface area contributed by atoms with Crippen LogP contribution < -0.4 is 0 Å². The third-order valence-corrected chi connectivity index (χ3v) is 3.84. The van der Waals surface area contributed by atoms with E-state index in [1.165, 1.54) is 25.1 Å². The molecule has 0 N–H and O–H groups in total. The minimum atomic E-state index is 0.628. The molecule has 1 aliphatic heterocycles. The molecule has 1 fully saturated rings. The van der Waals surface area contributed by atoms with Crippen molar-refractivity contribution in [3.63, 3.8) is 0 Å². The van der Waals surface area contributed by atoms with Gasteiger partial charge in [-0.25, -0.2) is 0 Å². The molecule has 1 aliphatic rings. The monoisotopic (exact) mass is 256 g/mol. The number of pyridine rings is 1. The Morgan fingerprint density at radius 1 is 1.21 bits per heavy atom. The molecule has 0 saturated carbocycles. The van der Waals surface area contributed by atoms with Gasteiger partial charge in [-0.15, -0.1) is 0 Å². The van der Waals surface area contributed by atoms with Crippen molar-refractivity contribution in [1.29, 1.82) is 0 Å². The Hall–Kier alpha value is -1.68. The van der Waals surface area contributed by atoms with Crippen molar-refractivity contribution in [2.45, 2.75) is 31.8 Å². The summed E-state index contributed by atoms with van der Waals surface area (Å²) in [5, 5.41) is 4.31. The molecule has 100 valence electrons. The molecule has 1 saturated heterocycles. The first-order valence-electron chi connectivity index (χ1n) is 7.03. The van der Waals surface area contributed by atoms with E-state index >= 15 is 0 Å². The molecule has 0 aliphatic carbocycles. The van der Waals surface area contributed by atoms with E-state index in [-0.39, 0.29) is 0 Å². The minimum Gasteiger partial charge on any atom is -0.298 e. The van der Waals surface area contributed by atoms with Crippen LogP contribution in [0, 0.1) is 0 Å². The molecule has 1 unspecified atom stereocenters. The van der Waals surface area contributed by atoms with Crippen molar-refractivity contribution in [3.05, 3.63) is 48.5 Å². The molecular weight excluding hydrogens is 236 g/mol. The van der Waals surface area contributed by atoms with Gasteiger partial charge in [0, 0.05) is 43.3 Å². The fourth-order valence-electron chi connectivity index (χ4n) is 2.82. The van der Waals surface area contributed by atoms with Gasteiger partial charge in [0.25, 0.3) is 0 Å². The first kappa shape index (κ1) is 12.4. The molecule has 1 atom stereocenters. The zero-order chi connectivity index (χ0) is 12.9. The van der Waals surface area contributed by atoms with Gasteiger partial charge in [0.1, 0.15) is 0 Å².